The maximum Gasteiger partial charge on any atom is 0.251 e. The SMILES string of the molecule is NCCc1cc2c(cc1Br)OC1(CCCC1)O2. The average Bonchev–Trinajstić information content (AvgIpc) is 2.87. The quantitative estimate of drug-likeness (QED) is 0.913. The molecule has 1 saturated carbocycles. The van der Waals surface area contributed by atoms with Crippen molar-refractivity contribution >= 4 is 15.9 Å². The summed E-state index contributed by atoms with van der Waals surface area (Å²) in [7, 11) is 0. The highest BCUT2D eigenvalue weighted by Crippen LogP contribution is 2.48. The van der Waals surface area contributed by atoms with E-state index in [2.05, 4.69) is 22.0 Å². The maximum atomic E-state index is 6.01. The number of hydrogen-bond acceptors (Lipinski definition) is 3. The molecule has 3 rings (SSSR count). The first-order valence-electron chi connectivity index (χ1n) is 6.13. The monoisotopic (exact) mass is 297 g/mol. The number of benzene rings is 1. The zero-order valence-electron chi connectivity index (χ0n) is 9.67. The molecule has 1 aromatic carbocycles. The van der Waals surface area contributed by atoms with Crippen LogP contribution in [-0.2, 0) is 6.42 Å². The molecule has 0 bridgehead atoms. The summed E-state index contributed by atoms with van der Waals surface area (Å²) < 4.78 is 13.1. The van der Waals surface area contributed by atoms with Gasteiger partial charge < -0.3 is 15.2 Å². The van der Waals surface area contributed by atoms with Gasteiger partial charge in [0.15, 0.2) is 11.5 Å². The van der Waals surface area contributed by atoms with Gasteiger partial charge in [0.1, 0.15) is 0 Å². The molecule has 0 amide bonds. The largest absolute Gasteiger partial charge is 0.448 e. The second-order valence-electron chi connectivity index (χ2n) is 4.75. The molecule has 1 aliphatic carbocycles. The lowest BCUT2D eigenvalue weighted by Crippen LogP contribution is -2.34. The van der Waals surface area contributed by atoms with E-state index in [9.17, 15) is 0 Å². The molecule has 1 aliphatic heterocycles. The Balaban J connectivity index is 1.92. The van der Waals surface area contributed by atoms with Gasteiger partial charge in [0.25, 0.3) is 5.79 Å². The standard InChI is InChI=1S/C13H16BrNO2/c14-10-8-12-11(7-9(10)3-6-15)16-13(17-12)4-1-2-5-13/h7-8H,1-6,15H2. The first-order valence-corrected chi connectivity index (χ1v) is 6.92. The fraction of sp³-hybridized carbons (Fsp3) is 0.538. The van der Waals surface area contributed by atoms with Crippen molar-refractivity contribution in [2.24, 2.45) is 5.73 Å². The van der Waals surface area contributed by atoms with Crippen molar-refractivity contribution in [2.45, 2.75) is 37.9 Å². The first kappa shape index (κ1) is 11.4. The van der Waals surface area contributed by atoms with Gasteiger partial charge in [-0.1, -0.05) is 15.9 Å². The summed E-state index contributed by atoms with van der Waals surface area (Å²) in [5, 5.41) is 0. The van der Waals surface area contributed by atoms with Gasteiger partial charge in [-0.25, -0.2) is 0 Å². The predicted octanol–water partition coefficient (Wildman–Crippen LogP) is 2.99. The molecule has 17 heavy (non-hydrogen) atoms. The Kier molecular flexibility index (Phi) is 2.79. The van der Waals surface area contributed by atoms with Crippen molar-refractivity contribution in [3.05, 3.63) is 22.2 Å². The van der Waals surface area contributed by atoms with Gasteiger partial charge in [0.2, 0.25) is 0 Å². The van der Waals surface area contributed by atoms with Gasteiger partial charge in [0, 0.05) is 17.3 Å². The summed E-state index contributed by atoms with van der Waals surface area (Å²) in [5.41, 5.74) is 6.78. The Morgan fingerprint density at radius 3 is 2.47 bits per heavy atom. The number of hydrogen-bond donors (Lipinski definition) is 1. The average molecular weight is 298 g/mol. The number of halogens is 1. The third-order valence-corrected chi connectivity index (χ3v) is 4.22. The molecule has 0 saturated heterocycles. The molecule has 1 spiro atoms. The van der Waals surface area contributed by atoms with E-state index in [4.69, 9.17) is 15.2 Å². The van der Waals surface area contributed by atoms with Crippen molar-refractivity contribution in [3.63, 3.8) is 0 Å². The summed E-state index contributed by atoms with van der Waals surface area (Å²) in [5.74, 6) is 1.36. The van der Waals surface area contributed by atoms with E-state index < -0.39 is 0 Å². The number of fused-ring (bicyclic) bond motifs is 1. The van der Waals surface area contributed by atoms with Crippen LogP contribution in [0.5, 0.6) is 11.5 Å². The van der Waals surface area contributed by atoms with Gasteiger partial charge in [-0.05, 0) is 43.5 Å². The summed E-state index contributed by atoms with van der Waals surface area (Å²) >= 11 is 3.56. The van der Waals surface area contributed by atoms with Crippen LogP contribution in [0.4, 0.5) is 0 Å². The highest BCUT2D eigenvalue weighted by Gasteiger charge is 2.44. The van der Waals surface area contributed by atoms with Crippen LogP contribution in [0.1, 0.15) is 31.2 Å². The Morgan fingerprint density at radius 1 is 1.18 bits per heavy atom. The lowest BCUT2D eigenvalue weighted by Gasteiger charge is -2.21. The van der Waals surface area contributed by atoms with Crippen molar-refractivity contribution < 1.29 is 9.47 Å². The second kappa shape index (κ2) is 4.18. The summed E-state index contributed by atoms with van der Waals surface area (Å²) in [6.07, 6.45) is 5.21. The van der Waals surface area contributed by atoms with Gasteiger partial charge in [0.05, 0.1) is 0 Å². The smallest absolute Gasteiger partial charge is 0.251 e. The van der Waals surface area contributed by atoms with Crippen molar-refractivity contribution in [3.8, 4) is 11.5 Å². The van der Waals surface area contributed by atoms with Crippen LogP contribution in [0.15, 0.2) is 16.6 Å². The lowest BCUT2D eigenvalue weighted by molar-refractivity contribution is -0.0716. The summed E-state index contributed by atoms with van der Waals surface area (Å²) in [6.45, 7) is 0.642. The van der Waals surface area contributed by atoms with Crippen molar-refractivity contribution in [1.29, 1.82) is 0 Å². The Hall–Kier alpha value is -0.740. The summed E-state index contributed by atoms with van der Waals surface area (Å²) in [4.78, 5) is 0. The molecule has 1 aromatic rings. The normalized spacial score (nSPS) is 20.1. The molecule has 2 N–H and O–H groups in total. The fourth-order valence-corrected chi connectivity index (χ4v) is 3.14. The van der Waals surface area contributed by atoms with Crippen LogP contribution in [0.2, 0.25) is 0 Å². The Labute approximate surface area is 109 Å². The van der Waals surface area contributed by atoms with Gasteiger partial charge >= 0.3 is 0 Å². The van der Waals surface area contributed by atoms with Crippen LogP contribution < -0.4 is 15.2 Å². The molecular formula is C13H16BrNO2. The third-order valence-electron chi connectivity index (χ3n) is 3.48. The van der Waals surface area contributed by atoms with Crippen LogP contribution in [0.25, 0.3) is 0 Å². The number of nitrogens with two attached hydrogens (primary N) is 1. The molecule has 1 fully saturated rings. The van der Waals surface area contributed by atoms with Gasteiger partial charge in [-0.2, -0.15) is 0 Å². The molecular weight excluding hydrogens is 282 g/mol. The molecule has 0 unspecified atom stereocenters. The highest BCUT2D eigenvalue weighted by molar-refractivity contribution is 9.10. The van der Waals surface area contributed by atoms with E-state index >= 15 is 0 Å². The van der Waals surface area contributed by atoms with Crippen LogP contribution in [0, 0.1) is 0 Å². The molecule has 0 atom stereocenters. The van der Waals surface area contributed by atoms with Crippen LogP contribution >= 0.6 is 15.9 Å². The third kappa shape index (κ3) is 1.93. The van der Waals surface area contributed by atoms with E-state index in [0.717, 1.165) is 35.2 Å². The van der Waals surface area contributed by atoms with E-state index in [1.807, 2.05) is 6.07 Å². The minimum Gasteiger partial charge on any atom is -0.448 e. The molecule has 2 aliphatic rings. The zero-order valence-corrected chi connectivity index (χ0v) is 11.3. The molecule has 3 nitrogen and oxygen atoms in total. The predicted molar refractivity (Wildman–Crippen MR) is 69.4 cm³/mol. The van der Waals surface area contributed by atoms with Gasteiger partial charge in [-0.3, -0.25) is 0 Å². The molecule has 0 radical (unpaired) electrons. The van der Waals surface area contributed by atoms with Crippen molar-refractivity contribution in [1.82, 2.24) is 0 Å². The second-order valence-corrected chi connectivity index (χ2v) is 5.61. The molecule has 1 heterocycles. The topological polar surface area (TPSA) is 44.5 Å². The minimum absolute atomic E-state index is 0.372. The van der Waals surface area contributed by atoms with Crippen molar-refractivity contribution in [2.75, 3.05) is 6.54 Å². The summed E-state index contributed by atoms with van der Waals surface area (Å²) in [6, 6.07) is 4.06. The zero-order chi connectivity index (χ0) is 11.9. The first-order chi connectivity index (χ1) is 8.22. The van der Waals surface area contributed by atoms with Crippen LogP contribution in [0.3, 0.4) is 0 Å². The Morgan fingerprint density at radius 2 is 1.82 bits per heavy atom. The fourth-order valence-electron chi connectivity index (χ4n) is 2.62. The Bertz CT molecular complexity index is 441. The van der Waals surface area contributed by atoms with E-state index in [1.54, 1.807) is 0 Å². The molecule has 92 valence electrons. The van der Waals surface area contributed by atoms with E-state index in [0.29, 0.717) is 6.54 Å². The van der Waals surface area contributed by atoms with E-state index in [1.165, 1.54) is 18.4 Å². The van der Waals surface area contributed by atoms with E-state index in [-0.39, 0.29) is 5.79 Å². The molecule has 0 aromatic heterocycles. The minimum atomic E-state index is -0.372. The maximum absolute atomic E-state index is 6.01. The number of rotatable bonds is 2. The number of ether oxygens (including phenoxy) is 2. The lowest BCUT2D eigenvalue weighted by atomic mass is 10.1. The highest BCUT2D eigenvalue weighted by atomic mass is 79.9. The molecule has 4 heteroatoms. The van der Waals surface area contributed by atoms with Crippen LogP contribution in [-0.4, -0.2) is 12.3 Å². The van der Waals surface area contributed by atoms with Gasteiger partial charge in [-0.15, -0.1) is 0 Å².